The lowest BCUT2D eigenvalue weighted by Gasteiger charge is -2.29. The van der Waals surface area contributed by atoms with Gasteiger partial charge in [-0.1, -0.05) is 6.07 Å². The summed E-state index contributed by atoms with van der Waals surface area (Å²) in [4.78, 5) is 42.1. The Morgan fingerprint density at radius 2 is 2.00 bits per heavy atom. The van der Waals surface area contributed by atoms with E-state index >= 15 is 0 Å². The standard InChI is InChI=1S/C20H22N4O5/c1-20(2,3)29-19(27)22-13-7-8-15-14(10-13)24(18(26)12-28-15)11-17(25)23-16-6-4-5-9-21-16/h4-10H,11-12H2,1-3H3,(H,22,27)(H,21,23,25). The summed E-state index contributed by atoms with van der Waals surface area (Å²) in [5.41, 5.74) is 0.143. The van der Waals surface area contributed by atoms with Crippen LogP contribution in [0.15, 0.2) is 42.6 Å². The Hall–Kier alpha value is -3.62. The number of aromatic nitrogens is 1. The third-order valence-corrected chi connectivity index (χ3v) is 3.78. The fraction of sp³-hybridized carbons (Fsp3) is 0.300. The van der Waals surface area contributed by atoms with Gasteiger partial charge in [-0.25, -0.2) is 9.78 Å². The molecule has 1 aromatic carbocycles. The molecule has 2 aromatic rings. The quantitative estimate of drug-likeness (QED) is 0.820. The minimum Gasteiger partial charge on any atom is -0.482 e. The zero-order valence-electron chi connectivity index (χ0n) is 16.4. The zero-order chi connectivity index (χ0) is 21.0. The van der Waals surface area contributed by atoms with Crippen LogP contribution >= 0.6 is 0 Å². The Balaban J connectivity index is 1.75. The van der Waals surface area contributed by atoms with Crippen LogP contribution < -0.4 is 20.3 Å². The summed E-state index contributed by atoms with van der Waals surface area (Å²) >= 11 is 0. The number of rotatable bonds is 4. The molecule has 29 heavy (non-hydrogen) atoms. The van der Waals surface area contributed by atoms with Crippen LogP contribution in [-0.4, -0.2) is 41.6 Å². The van der Waals surface area contributed by atoms with Crippen molar-refractivity contribution < 1.29 is 23.9 Å². The van der Waals surface area contributed by atoms with Gasteiger partial charge >= 0.3 is 6.09 Å². The maximum absolute atomic E-state index is 12.4. The molecule has 3 amide bonds. The molecule has 152 valence electrons. The molecule has 0 atom stereocenters. The van der Waals surface area contributed by atoms with E-state index in [1.165, 1.54) is 4.90 Å². The number of ether oxygens (including phenoxy) is 2. The number of hydrogen-bond donors (Lipinski definition) is 2. The summed E-state index contributed by atoms with van der Waals surface area (Å²) in [7, 11) is 0. The van der Waals surface area contributed by atoms with Gasteiger partial charge in [-0.15, -0.1) is 0 Å². The smallest absolute Gasteiger partial charge is 0.412 e. The number of fused-ring (bicyclic) bond motifs is 1. The predicted octanol–water partition coefficient (Wildman–Crippen LogP) is 2.79. The Labute approximate surface area is 168 Å². The summed E-state index contributed by atoms with van der Waals surface area (Å²) in [6, 6.07) is 9.94. The van der Waals surface area contributed by atoms with E-state index in [9.17, 15) is 14.4 Å². The Kier molecular flexibility index (Phi) is 5.67. The summed E-state index contributed by atoms with van der Waals surface area (Å²) in [5, 5.41) is 5.25. The molecule has 2 heterocycles. The van der Waals surface area contributed by atoms with E-state index in [-0.39, 0.29) is 19.1 Å². The molecule has 0 fully saturated rings. The number of benzene rings is 1. The lowest BCUT2D eigenvalue weighted by Crippen LogP contribution is -2.43. The minimum absolute atomic E-state index is 0.178. The van der Waals surface area contributed by atoms with E-state index in [1.54, 1.807) is 63.4 Å². The first-order valence-electron chi connectivity index (χ1n) is 8.99. The molecule has 0 unspecified atom stereocenters. The fourth-order valence-corrected chi connectivity index (χ4v) is 2.64. The van der Waals surface area contributed by atoms with Crippen LogP contribution in [0.5, 0.6) is 5.75 Å². The van der Waals surface area contributed by atoms with E-state index in [1.807, 2.05) is 0 Å². The molecular weight excluding hydrogens is 376 g/mol. The summed E-state index contributed by atoms with van der Waals surface area (Å²) in [6.07, 6.45) is 0.930. The van der Waals surface area contributed by atoms with Crippen molar-refractivity contribution in [2.75, 3.05) is 28.7 Å². The molecule has 0 spiro atoms. The second-order valence-electron chi connectivity index (χ2n) is 7.34. The molecule has 1 aromatic heterocycles. The molecule has 0 saturated heterocycles. The van der Waals surface area contributed by atoms with Crippen LogP contribution in [-0.2, 0) is 14.3 Å². The fourth-order valence-electron chi connectivity index (χ4n) is 2.64. The molecule has 3 rings (SSSR count). The van der Waals surface area contributed by atoms with E-state index < -0.39 is 17.6 Å². The largest absolute Gasteiger partial charge is 0.482 e. The molecule has 9 nitrogen and oxygen atoms in total. The van der Waals surface area contributed by atoms with Gasteiger partial charge in [-0.05, 0) is 51.1 Å². The van der Waals surface area contributed by atoms with E-state index in [0.717, 1.165) is 0 Å². The highest BCUT2D eigenvalue weighted by Crippen LogP contribution is 2.34. The highest BCUT2D eigenvalue weighted by molar-refractivity contribution is 6.05. The zero-order valence-corrected chi connectivity index (χ0v) is 16.4. The maximum Gasteiger partial charge on any atom is 0.412 e. The number of nitrogens with zero attached hydrogens (tertiary/aromatic N) is 2. The normalized spacial score (nSPS) is 13.2. The number of amides is 3. The van der Waals surface area contributed by atoms with Crippen LogP contribution in [0.2, 0.25) is 0 Å². The maximum atomic E-state index is 12.4. The first kappa shape index (κ1) is 20.1. The van der Waals surface area contributed by atoms with Gasteiger partial charge < -0.3 is 14.8 Å². The van der Waals surface area contributed by atoms with Crippen LogP contribution in [0, 0.1) is 0 Å². The van der Waals surface area contributed by atoms with E-state index in [4.69, 9.17) is 9.47 Å². The van der Waals surface area contributed by atoms with Crippen LogP contribution in [0.25, 0.3) is 0 Å². The van der Waals surface area contributed by atoms with E-state index in [2.05, 4.69) is 15.6 Å². The van der Waals surface area contributed by atoms with Gasteiger partial charge in [0.25, 0.3) is 5.91 Å². The van der Waals surface area contributed by atoms with Gasteiger partial charge in [0.2, 0.25) is 5.91 Å². The number of pyridine rings is 1. The monoisotopic (exact) mass is 398 g/mol. The first-order chi connectivity index (χ1) is 13.7. The van der Waals surface area contributed by atoms with Gasteiger partial charge in [-0.3, -0.25) is 19.8 Å². The average molecular weight is 398 g/mol. The van der Waals surface area contributed by atoms with Gasteiger partial charge in [0.1, 0.15) is 23.7 Å². The molecule has 0 radical (unpaired) electrons. The van der Waals surface area contributed by atoms with Gasteiger partial charge in [-0.2, -0.15) is 0 Å². The Morgan fingerprint density at radius 3 is 2.69 bits per heavy atom. The number of hydrogen-bond acceptors (Lipinski definition) is 6. The second kappa shape index (κ2) is 8.17. The van der Waals surface area contributed by atoms with Crippen LogP contribution in [0.4, 0.5) is 22.0 Å². The molecule has 1 aliphatic heterocycles. The molecule has 9 heteroatoms. The summed E-state index contributed by atoms with van der Waals surface area (Å²) in [5.74, 6) is 0.0437. The molecule has 2 N–H and O–H groups in total. The molecule has 0 aliphatic carbocycles. The first-order valence-corrected chi connectivity index (χ1v) is 8.99. The van der Waals surface area contributed by atoms with Crippen molar-refractivity contribution in [1.82, 2.24) is 4.98 Å². The molecule has 0 saturated carbocycles. The van der Waals surface area contributed by atoms with Gasteiger partial charge in [0.15, 0.2) is 6.61 Å². The van der Waals surface area contributed by atoms with Crippen LogP contribution in [0.1, 0.15) is 20.8 Å². The van der Waals surface area contributed by atoms with Crippen LogP contribution in [0.3, 0.4) is 0 Å². The van der Waals surface area contributed by atoms with Crippen molar-refractivity contribution in [1.29, 1.82) is 0 Å². The van der Waals surface area contributed by atoms with Crippen molar-refractivity contribution in [3.63, 3.8) is 0 Å². The van der Waals surface area contributed by atoms with Crippen molar-refractivity contribution in [2.24, 2.45) is 0 Å². The molecular formula is C20H22N4O5. The molecule has 1 aliphatic rings. The summed E-state index contributed by atoms with van der Waals surface area (Å²) < 4.78 is 10.7. The van der Waals surface area contributed by atoms with Crippen molar-refractivity contribution >= 4 is 35.1 Å². The number of nitrogens with one attached hydrogen (secondary N) is 2. The van der Waals surface area contributed by atoms with Crippen molar-refractivity contribution in [3.05, 3.63) is 42.6 Å². The lowest BCUT2D eigenvalue weighted by atomic mass is 10.2. The third kappa shape index (κ3) is 5.44. The highest BCUT2D eigenvalue weighted by Gasteiger charge is 2.28. The summed E-state index contributed by atoms with van der Waals surface area (Å²) in [6.45, 7) is 4.88. The predicted molar refractivity (Wildman–Crippen MR) is 107 cm³/mol. The number of anilines is 3. The topological polar surface area (TPSA) is 110 Å². The van der Waals surface area contributed by atoms with E-state index in [0.29, 0.717) is 22.9 Å². The minimum atomic E-state index is -0.646. The SMILES string of the molecule is CC(C)(C)OC(=O)Nc1ccc2c(c1)N(CC(=O)Nc1ccccn1)C(=O)CO2. The number of carbonyl (C=O) groups excluding carboxylic acids is 3. The van der Waals surface area contributed by atoms with Gasteiger partial charge in [0.05, 0.1) is 5.69 Å². The van der Waals surface area contributed by atoms with Gasteiger partial charge in [0, 0.05) is 11.9 Å². The third-order valence-electron chi connectivity index (χ3n) is 3.78. The number of carbonyl (C=O) groups is 3. The molecule has 0 bridgehead atoms. The Morgan fingerprint density at radius 1 is 1.21 bits per heavy atom. The van der Waals surface area contributed by atoms with Crippen molar-refractivity contribution in [3.8, 4) is 5.75 Å². The van der Waals surface area contributed by atoms with Crippen molar-refractivity contribution in [2.45, 2.75) is 26.4 Å². The lowest BCUT2D eigenvalue weighted by molar-refractivity contribution is -0.123. The second-order valence-corrected chi connectivity index (χ2v) is 7.34. The highest BCUT2D eigenvalue weighted by atomic mass is 16.6. The Bertz CT molecular complexity index is 924. The average Bonchev–Trinajstić information content (AvgIpc) is 2.63.